The second-order valence-corrected chi connectivity index (χ2v) is 7.82. The van der Waals surface area contributed by atoms with Gasteiger partial charge in [-0.05, 0) is 70.8 Å². The molecular weight excluding hydrogens is 352 g/mol. The third kappa shape index (κ3) is 9.82. The van der Waals surface area contributed by atoms with Gasteiger partial charge in [0.05, 0.1) is 12.7 Å². The van der Waals surface area contributed by atoms with Crippen LogP contribution in [0.4, 0.5) is 0 Å². The van der Waals surface area contributed by atoms with Crippen molar-refractivity contribution in [1.29, 1.82) is 0 Å². The number of aryl methyl sites for hydroxylation is 1. The normalized spacial score (nSPS) is 17.0. The zero-order valence-electron chi connectivity index (χ0n) is 18.1. The van der Waals surface area contributed by atoms with E-state index in [-0.39, 0.29) is 6.10 Å². The standard InChI is InChI=1S/C22H40N4O2/c1-4-13-26-14-7-21(8-15-26)27-16-12-23-9-5-10-24-18-20(3)28-22-17-19(2)6-11-25-22/h6,11,17,20-21,23-24H,4-5,7-10,12-16,18H2,1-3H3/t20-/m1/s1. The lowest BCUT2D eigenvalue weighted by atomic mass is 10.1. The van der Waals surface area contributed by atoms with Crippen LogP contribution >= 0.6 is 0 Å². The largest absolute Gasteiger partial charge is 0.473 e. The van der Waals surface area contributed by atoms with Gasteiger partial charge < -0.3 is 25.0 Å². The van der Waals surface area contributed by atoms with E-state index in [1.54, 1.807) is 6.20 Å². The summed E-state index contributed by atoms with van der Waals surface area (Å²) in [6.07, 6.45) is 7.07. The quantitative estimate of drug-likeness (QED) is 0.475. The van der Waals surface area contributed by atoms with Crippen molar-refractivity contribution in [2.75, 3.05) is 52.4 Å². The minimum atomic E-state index is 0.111. The van der Waals surface area contributed by atoms with Crippen molar-refractivity contribution in [2.45, 2.75) is 58.7 Å². The van der Waals surface area contributed by atoms with Gasteiger partial charge in [0.2, 0.25) is 5.88 Å². The Hall–Kier alpha value is -1.21. The molecule has 0 unspecified atom stereocenters. The summed E-state index contributed by atoms with van der Waals surface area (Å²) < 4.78 is 11.8. The SMILES string of the molecule is CCCN1CCC(OCCNCCCNC[C@@H](C)Oc2cc(C)ccn2)CC1. The van der Waals surface area contributed by atoms with E-state index in [1.165, 1.54) is 44.5 Å². The van der Waals surface area contributed by atoms with E-state index in [4.69, 9.17) is 9.47 Å². The number of ether oxygens (including phenoxy) is 2. The molecule has 1 aliphatic rings. The van der Waals surface area contributed by atoms with Gasteiger partial charge >= 0.3 is 0 Å². The molecule has 160 valence electrons. The van der Waals surface area contributed by atoms with Crippen LogP contribution in [0.15, 0.2) is 18.3 Å². The molecule has 0 spiro atoms. The van der Waals surface area contributed by atoms with Crippen LogP contribution in [0.2, 0.25) is 0 Å². The van der Waals surface area contributed by atoms with Gasteiger partial charge in [-0.15, -0.1) is 0 Å². The average molecular weight is 393 g/mol. The maximum absolute atomic E-state index is 6.01. The molecule has 2 rings (SSSR count). The molecule has 0 aliphatic carbocycles. The molecule has 6 heteroatoms. The monoisotopic (exact) mass is 392 g/mol. The van der Waals surface area contributed by atoms with Crippen molar-refractivity contribution in [3.63, 3.8) is 0 Å². The Morgan fingerprint density at radius 1 is 1.21 bits per heavy atom. The molecular formula is C22H40N4O2. The lowest BCUT2D eigenvalue weighted by Crippen LogP contribution is -2.38. The molecule has 6 nitrogen and oxygen atoms in total. The fourth-order valence-electron chi connectivity index (χ4n) is 3.50. The van der Waals surface area contributed by atoms with Crippen LogP contribution in [-0.4, -0.2) is 74.5 Å². The van der Waals surface area contributed by atoms with Gasteiger partial charge in [0.1, 0.15) is 6.10 Å². The summed E-state index contributed by atoms with van der Waals surface area (Å²) in [6.45, 7) is 14.6. The number of hydrogen-bond acceptors (Lipinski definition) is 6. The van der Waals surface area contributed by atoms with Crippen LogP contribution in [0.5, 0.6) is 5.88 Å². The minimum absolute atomic E-state index is 0.111. The van der Waals surface area contributed by atoms with Gasteiger partial charge in [-0.3, -0.25) is 0 Å². The average Bonchev–Trinajstić information content (AvgIpc) is 2.68. The maximum atomic E-state index is 6.01. The molecule has 0 saturated carbocycles. The fraction of sp³-hybridized carbons (Fsp3) is 0.773. The Kier molecular flexibility index (Phi) is 11.4. The van der Waals surface area contributed by atoms with Crippen LogP contribution in [0.1, 0.15) is 45.1 Å². The van der Waals surface area contributed by atoms with Crippen molar-refractivity contribution in [3.8, 4) is 5.88 Å². The highest BCUT2D eigenvalue weighted by Gasteiger charge is 2.18. The zero-order valence-corrected chi connectivity index (χ0v) is 18.1. The molecule has 1 atom stereocenters. The number of likely N-dealkylation sites (tertiary alicyclic amines) is 1. The summed E-state index contributed by atoms with van der Waals surface area (Å²) in [7, 11) is 0. The van der Waals surface area contributed by atoms with Crippen molar-refractivity contribution in [2.24, 2.45) is 0 Å². The zero-order chi connectivity index (χ0) is 20.0. The molecule has 1 fully saturated rings. The summed E-state index contributed by atoms with van der Waals surface area (Å²) in [6, 6.07) is 3.95. The van der Waals surface area contributed by atoms with Crippen LogP contribution in [0, 0.1) is 6.92 Å². The van der Waals surface area contributed by atoms with E-state index >= 15 is 0 Å². The Balaban J connectivity index is 1.38. The molecule has 0 bridgehead atoms. The lowest BCUT2D eigenvalue weighted by molar-refractivity contribution is 0.00928. The first-order valence-corrected chi connectivity index (χ1v) is 11.0. The van der Waals surface area contributed by atoms with Crippen molar-refractivity contribution in [3.05, 3.63) is 23.9 Å². The van der Waals surface area contributed by atoms with Gasteiger partial charge in [0, 0.05) is 38.4 Å². The predicted octanol–water partition coefficient (Wildman–Crippen LogP) is 2.62. The van der Waals surface area contributed by atoms with Crippen molar-refractivity contribution in [1.82, 2.24) is 20.5 Å². The first-order valence-electron chi connectivity index (χ1n) is 11.0. The summed E-state index contributed by atoms with van der Waals surface area (Å²) in [5.41, 5.74) is 1.17. The highest BCUT2D eigenvalue weighted by molar-refractivity contribution is 5.18. The van der Waals surface area contributed by atoms with Crippen LogP contribution in [0.25, 0.3) is 0 Å². The van der Waals surface area contributed by atoms with Gasteiger partial charge in [0.25, 0.3) is 0 Å². The Labute approximate surface area is 171 Å². The van der Waals surface area contributed by atoms with Crippen molar-refractivity contribution >= 4 is 0 Å². The van der Waals surface area contributed by atoms with E-state index in [9.17, 15) is 0 Å². The first-order chi connectivity index (χ1) is 13.7. The predicted molar refractivity (Wildman–Crippen MR) is 115 cm³/mol. The Morgan fingerprint density at radius 3 is 2.75 bits per heavy atom. The van der Waals surface area contributed by atoms with Crippen LogP contribution in [-0.2, 0) is 4.74 Å². The summed E-state index contributed by atoms with van der Waals surface area (Å²) >= 11 is 0. The van der Waals surface area contributed by atoms with E-state index in [0.29, 0.717) is 12.0 Å². The molecule has 1 aromatic heterocycles. The molecule has 1 saturated heterocycles. The molecule has 0 amide bonds. The van der Waals surface area contributed by atoms with Gasteiger partial charge in [0.15, 0.2) is 0 Å². The Bertz CT molecular complexity index is 521. The van der Waals surface area contributed by atoms with Gasteiger partial charge in [-0.1, -0.05) is 6.92 Å². The highest BCUT2D eigenvalue weighted by atomic mass is 16.5. The number of nitrogens with one attached hydrogen (secondary N) is 2. The third-order valence-electron chi connectivity index (χ3n) is 5.06. The van der Waals surface area contributed by atoms with E-state index < -0.39 is 0 Å². The first kappa shape index (κ1) is 23.1. The lowest BCUT2D eigenvalue weighted by Gasteiger charge is -2.31. The fourth-order valence-corrected chi connectivity index (χ4v) is 3.50. The van der Waals surface area contributed by atoms with Gasteiger partial charge in [-0.25, -0.2) is 4.98 Å². The second kappa shape index (κ2) is 13.9. The summed E-state index contributed by atoms with van der Waals surface area (Å²) in [4.78, 5) is 6.79. The second-order valence-electron chi connectivity index (χ2n) is 7.82. The number of hydrogen-bond donors (Lipinski definition) is 2. The number of nitrogens with zero attached hydrogens (tertiary/aromatic N) is 2. The molecule has 2 heterocycles. The van der Waals surface area contributed by atoms with E-state index in [0.717, 1.165) is 39.2 Å². The number of pyridine rings is 1. The topological polar surface area (TPSA) is 58.7 Å². The van der Waals surface area contributed by atoms with Crippen molar-refractivity contribution < 1.29 is 9.47 Å². The molecule has 28 heavy (non-hydrogen) atoms. The Morgan fingerprint density at radius 2 is 2.00 bits per heavy atom. The number of rotatable bonds is 14. The highest BCUT2D eigenvalue weighted by Crippen LogP contribution is 2.13. The minimum Gasteiger partial charge on any atom is -0.473 e. The van der Waals surface area contributed by atoms with E-state index in [1.807, 2.05) is 19.1 Å². The summed E-state index contributed by atoms with van der Waals surface area (Å²) in [5.74, 6) is 0.701. The van der Waals surface area contributed by atoms with Gasteiger partial charge in [-0.2, -0.15) is 0 Å². The smallest absolute Gasteiger partial charge is 0.213 e. The molecule has 1 aromatic rings. The molecule has 2 N–H and O–H groups in total. The third-order valence-corrected chi connectivity index (χ3v) is 5.06. The molecule has 1 aliphatic heterocycles. The number of piperidine rings is 1. The maximum Gasteiger partial charge on any atom is 0.213 e. The number of aromatic nitrogens is 1. The molecule has 0 aromatic carbocycles. The van der Waals surface area contributed by atoms with Crippen LogP contribution in [0.3, 0.4) is 0 Å². The van der Waals surface area contributed by atoms with Crippen LogP contribution < -0.4 is 15.4 Å². The summed E-state index contributed by atoms with van der Waals surface area (Å²) in [5, 5.41) is 6.92. The molecule has 0 radical (unpaired) electrons. The van der Waals surface area contributed by atoms with E-state index in [2.05, 4.69) is 34.4 Å².